The quantitative estimate of drug-likeness (QED) is 0.350. The molecule has 148 valence electrons. The van der Waals surface area contributed by atoms with Crippen molar-refractivity contribution in [2.24, 2.45) is 0 Å². The molecule has 1 aliphatic rings. The molecule has 8 nitrogen and oxygen atoms in total. The molecule has 0 bridgehead atoms. The molecule has 0 aromatic heterocycles. The normalized spacial score (nSPS) is 14.8. The molecule has 3 rings (SSSR count). The summed E-state index contributed by atoms with van der Waals surface area (Å²) in [5.74, 6) is -0.508. The first-order valence-corrected chi connectivity index (χ1v) is 10.7. The van der Waals surface area contributed by atoms with Crippen molar-refractivity contribution in [1.82, 2.24) is 4.31 Å². The second-order valence-corrected chi connectivity index (χ2v) is 9.07. The Morgan fingerprint density at radius 2 is 1.79 bits per heavy atom. The van der Waals surface area contributed by atoms with Crippen LogP contribution in [0, 0.1) is 10.1 Å². The van der Waals surface area contributed by atoms with Crippen LogP contribution in [0.2, 0.25) is 0 Å². The lowest BCUT2D eigenvalue weighted by molar-refractivity contribution is -0.386. The lowest BCUT2D eigenvalue weighted by Gasteiger charge is -2.15. The fraction of sp³-hybridized carbons (Fsp3) is 0.278. The van der Waals surface area contributed by atoms with Crippen LogP contribution >= 0.6 is 15.9 Å². The van der Waals surface area contributed by atoms with E-state index in [4.69, 9.17) is 4.74 Å². The van der Waals surface area contributed by atoms with Crippen LogP contribution in [0.25, 0.3) is 0 Å². The number of ether oxygens (including phenoxy) is 1. The molecule has 28 heavy (non-hydrogen) atoms. The SMILES string of the molecule is O=C(COc1ccc(S(=O)(=O)N2CCCC2)cc1[N+](=O)[O-])c1ccc(Br)cc1. The lowest BCUT2D eigenvalue weighted by Crippen LogP contribution is -2.27. The van der Waals surface area contributed by atoms with Crippen molar-refractivity contribution in [3.05, 3.63) is 62.6 Å². The molecule has 2 aromatic carbocycles. The van der Waals surface area contributed by atoms with E-state index in [1.54, 1.807) is 24.3 Å². The number of ketones is 1. The van der Waals surface area contributed by atoms with Gasteiger partial charge in [-0.05, 0) is 37.1 Å². The minimum atomic E-state index is -3.79. The van der Waals surface area contributed by atoms with E-state index in [1.165, 1.54) is 16.4 Å². The summed E-state index contributed by atoms with van der Waals surface area (Å²) in [5.41, 5.74) is -0.0945. The summed E-state index contributed by atoms with van der Waals surface area (Å²) < 4.78 is 32.7. The van der Waals surface area contributed by atoms with E-state index in [9.17, 15) is 23.3 Å². The van der Waals surface area contributed by atoms with Gasteiger partial charge in [-0.1, -0.05) is 28.1 Å². The van der Waals surface area contributed by atoms with E-state index in [1.807, 2.05) is 0 Å². The fourth-order valence-corrected chi connectivity index (χ4v) is 4.66. The molecular formula is C18H17BrN2O6S. The third-order valence-corrected chi connectivity index (χ3v) is 6.78. The molecule has 1 aliphatic heterocycles. The first-order valence-electron chi connectivity index (χ1n) is 8.49. The first-order chi connectivity index (χ1) is 13.3. The van der Waals surface area contributed by atoms with Gasteiger partial charge in [0, 0.05) is 29.2 Å². The van der Waals surface area contributed by atoms with Crippen molar-refractivity contribution < 1.29 is 22.9 Å². The molecule has 0 spiro atoms. The van der Waals surface area contributed by atoms with E-state index in [0.717, 1.165) is 23.4 Å². The van der Waals surface area contributed by atoms with Crippen molar-refractivity contribution in [2.45, 2.75) is 17.7 Å². The predicted octanol–water partition coefficient (Wildman–Crippen LogP) is 3.40. The van der Waals surface area contributed by atoms with Gasteiger partial charge in [0.1, 0.15) is 0 Å². The minimum absolute atomic E-state index is 0.157. The van der Waals surface area contributed by atoms with E-state index in [0.29, 0.717) is 18.7 Å². The molecule has 10 heteroatoms. The Kier molecular flexibility index (Phi) is 6.11. The molecule has 1 saturated heterocycles. The van der Waals surface area contributed by atoms with Gasteiger partial charge in [-0.3, -0.25) is 14.9 Å². The number of benzene rings is 2. The molecule has 0 amide bonds. The molecule has 2 aromatic rings. The molecule has 0 saturated carbocycles. The van der Waals surface area contributed by atoms with Crippen LogP contribution < -0.4 is 4.74 Å². The number of nitro benzene ring substituents is 1. The number of hydrogen-bond donors (Lipinski definition) is 0. The summed E-state index contributed by atoms with van der Waals surface area (Å²) in [6.45, 7) is 0.396. The monoisotopic (exact) mass is 468 g/mol. The first kappa shape index (κ1) is 20.4. The Labute approximate surface area is 170 Å². The largest absolute Gasteiger partial charge is 0.478 e. The highest BCUT2D eigenvalue weighted by molar-refractivity contribution is 9.10. The van der Waals surface area contributed by atoms with Crippen LogP contribution in [0.3, 0.4) is 0 Å². The number of carbonyl (C=O) groups is 1. The average molecular weight is 469 g/mol. The third-order valence-electron chi connectivity index (χ3n) is 4.35. The van der Waals surface area contributed by atoms with Crippen molar-refractivity contribution in [3.63, 3.8) is 0 Å². The Bertz CT molecular complexity index is 1000. The van der Waals surface area contributed by atoms with Crippen LogP contribution in [0.4, 0.5) is 5.69 Å². The zero-order chi connectivity index (χ0) is 20.3. The highest BCUT2D eigenvalue weighted by atomic mass is 79.9. The molecule has 1 heterocycles. The van der Waals surface area contributed by atoms with Gasteiger partial charge in [-0.25, -0.2) is 8.42 Å². The maximum absolute atomic E-state index is 12.6. The van der Waals surface area contributed by atoms with Gasteiger partial charge in [0.2, 0.25) is 10.0 Å². The fourth-order valence-electron chi connectivity index (χ4n) is 2.86. The maximum Gasteiger partial charge on any atom is 0.312 e. The number of nitrogens with zero attached hydrogens (tertiary/aromatic N) is 2. The Hall–Kier alpha value is -2.30. The van der Waals surface area contributed by atoms with E-state index in [-0.39, 0.29) is 16.4 Å². The molecule has 0 aliphatic carbocycles. The minimum Gasteiger partial charge on any atom is -0.478 e. The Balaban J connectivity index is 1.80. The average Bonchev–Trinajstić information content (AvgIpc) is 3.22. The summed E-state index contributed by atoms with van der Waals surface area (Å²) >= 11 is 3.27. The number of sulfonamides is 1. The van der Waals surface area contributed by atoms with Gasteiger partial charge in [-0.15, -0.1) is 0 Å². The summed E-state index contributed by atoms with van der Waals surface area (Å²) in [7, 11) is -3.79. The summed E-state index contributed by atoms with van der Waals surface area (Å²) in [6, 6.07) is 10.1. The van der Waals surface area contributed by atoms with Gasteiger partial charge in [0.25, 0.3) is 0 Å². The predicted molar refractivity (Wildman–Crippen MR) is 105 cm³/mol. The number of halogens is 1. The Morgan fingerprint density at radius 1 is 1.14 bits per heavy atom. The smallest absolute Gasteiger partial charge is 0.312 e. The maximum atomic E-state index is 12.6. The summed E-state index contributed by atoms with van der Waals surface area (Å²) in [5, 5.41) is 11.4. The van der Waals surface area contributed by atoms with Crippen LogP contribution in [-0.4, -0.2) is 43.1 Å². The van der Waals surface area contributed by atoms with E-state index in [2.05, 4.69) is 15.9 Å². The molecular weight excluding hydrogens is 452 g/mol. The zero-order valence-electron chi connectivity index (χ0n) is 14.7. The van der Waals surface area contributed by atoms with Gasteiger partial charge < -0.3 is 4.74 Å². The van der Waals surface area contributed by atoms with Crippen LogP contribution in [-0.2, 0) is 10.0 Å². The molecule has 1 fully saturated rings. The zero-order valence-corrected chi connectivity index (χ0v) is 17.1. The number of hydrogen-bond acceptors (Lipinski definition) is 6. The second kappa shape index (κ2) is 8.38. The number of carbonyl (C=O) groups excluding carboxylic acids is 1. The van der Waals surface area contributed by atoms with Crippen LogP contribution in [0.5, 0.6) is 5.75 Å². The van der Waals surface area contributed by atoms with Crippen molar-refractivity contribution in [1.29, 1.82) is 0 Å². The van der Waals surface area contributed by atoms with Crippen molar-refractivity contribution >= 4 is 37.4 Å². The standard InChI is InChI=1S/C18H17BrN2O6S/c19-14-5-3-13(4-6-14)17(22)12-27-18-8-7-15(11-16(18)21(23)24)28(25,26)20-9-1-2-10-20/h3-8,11H,1-2,9-10,12H2. The van der Waals surface area contributed by atoms with Gasteiger partial charge >= 0.3 is 5.69 Å². The molecule has 0 radical (unpaired) electrons. The molecule has 0 N–H and O–H groups in total. The van der Waals surface area contributed by atoms with Crippen molar-refractivity contribution in [3.8, 4) is 5.75 Å². The number of nitro groups is 1. The van der Waals surface area contributed by atoms with E-state index >= 15 is 0 Å². The summed E-state index contributed by atoms with van der Waals surface area (Å²) in [4.78, 5) is 22.7. The van der Waals surface area contributed by atoms with Crippen molar-refractivity contribution in [2.75, 3.05) is 19.7 Å². The number of rotatable bonds is 7. The molecule has 0 atom stereocenters. The second-order valence-electron chi connectivity index (χ2n) is 6.22. The van der Waals surface area contributed by atoms with Gasteiger partial charge in [0.05, 0.1) is 9.82 Å². The van der Waals surface area contributed by atoms with E-state index < -0.39 is 27.2 Å². The van der Waals surface area contributed by atoms with Crippen LogP contribution in [0.15, 0.2) is 51.8 Å². The van der Waals surface area contributed by atoms with Gasteiger partial charge in [-0.2, -0.15) is 4.31 Å². The summed E-state index contributed by atoms with van der Waals surface area (Å²) in [6.07, 6.45) is 1.53. The Morgan fingerprint density at radius 3 is 2.39 bits per heavy atom. The topological polar surface area (TPSA) is 107 Å². The highest BCUT2D eigenvalue weighted by Crippen LogP contribution is 2.32. The highest BCUT2D eigenvalue weighted by Gasteiger charge is 2.30. The third kappa shape index (κ3) is 4.40. The molecule has 0 unspecified atom stereocenters. The van der Waals surface area contributed by atoms with Gasteiger partial charge in [0.15, 0.2) is 18.1 Å². The van der Waals surface area contributed by atoms with Crippen LogP contribution in [0.1, 0.15) is 23.2 Å². The lowest BCUT2D eigenvalue weighted by atomic mass is 10.1. The number of Topliss-reactive ketones (excluding diaryl/α,β-unsaturated/α-hetero) is 1.